The number of nitrogens with one attached hydrogen (secondary N) is 2. The van der Waals surface area contributed by atoms with E-state index in [1.54, 1.807) is 6.07 Å². The molecular weight excluding hydrogens is 537 g/mol. The van der Waals surface area contributed by atoms with Crippen molar-refractivity contribution in [2.75, 3.05) is 17.2 Å². The maximum absolute atomic E-state index is 13.1. The van der Waals surface area contributed by atoms with Crippen LogP contribution in [0.1, 0.15) is 33.7 Å². The fourth-order valence-electron chi connectivity index (χ4n) is 4.36. The van der Waals surface area contributed by atoms with Crippen LogP contribution in [0.5, 0.6) is 0 Å². The summed E-state index contributed by atoms with van der Waals surface area (Å²) in [5.74, 6) is 0.441. The first-order chi connectivity index (χ1) is 18.2. The zero-order valence-corrected chi connectivity index (χ0v) is 21.7. The molecule has 38 heavy (non-hydrogen) atoms. The minimum Gasteiger partial charge on any atom is -0.293 e. The molecule has 0 atom stereocenters. The Kier molecular flexibility index (Phi) is 7.68. The first-order valence-corrected chi connectivity index (χ1v) is 13.1. The molecule has 0 saturated carbocycles. The van der Waals surface area contributed by atoms with E-state index < -0.39 is 17.8 Å². The van der Waals surface area contributed by atoms with Crippen molar-refractivity contribution in [1.82, 2.24) is 19.7 Å². The summed E-state index contributed by atoms with van der Waals surface area (Å²) in [5.41, 5.74) is 1.84. The van der Waals surface area contributed by atoms with Gasteiger partial charge in [0.15, 0.2) is 10.9 Å². The van der Waals surface area contributed by atoms with Crippen LogP contribution < -0.4 is 10.6 Å². The van der Waals surface area contributed by atoms with E-state index >= 15 is 0 Å². The molecule has 1 aliphatic rings. The summed E-state index contributed by atoms with van der Waals surface area (Å²) in [4.78, 5) is 19.8. The van der Waals surface area contributed by atoms with Gasteiger partial charge in [-0.3, -0.25) is 20.2 Å². The molecule has 12 heteroatoms. The maximum atomic E-state index is 13.1. The number of benzene rings is 2. The molecule has 198 valence electrons. The Labute approximate surface area is 226 Å². The first kappa shape index (κ1) is 26.2. The first-order valence-electron chi connectivity index (χ1n) is 11.9. The van der Waals surface area contributed by atoms with Crippen molar-refractivity contribution in [3.05, 3.63) is 93.1 Å². The van der Waals surface area contributed by atoms with Gasteiger partial charge in [-0.05, 0) is 29.7 Å². The van der Waals surface area contributed by atoms with Crippen molar-refractivity contribution < 1.29 is 18.0 Å². The molecule has 2 aromatic heterocycles. The van der Waals surface area contributed by atoms with E-state index in [1.165, 1.54) is 29.2 Å². The van der Waals surface area contributed by atoms with Crippen LogP contribution in [0, 0.1) is 0 Å². The van der Waals surface area contributed by atoms with Crippen molar-refractivity contribution >= 4 is 39.9 Å². The topological polar surface area (TPSA) is 75.1 Å². The largest absolute Gasteiger partial charge is 0.417 e. The molecule has 2 N–H and O–H groups in total. The number of fused-ring (bicyclic) bond motifs is 1. The molecule has 0 aliphatic carbocycles. The lowest BCUT2D eigenvalue weighted by Gasteiger charge is -2.19. The predicted molar refractivity (Wildman–Crippen MR) is 141 cm³/mol. The number of carbonyl (C=O) groups excluding carboxylic acids is 1. The molecule has 0 unspecified atom stereocenters. The summed E-state index contributed by atoms with van der Waals surface area (Å²) in [7, 11) is 0. The fraction of sp³-hybridized carbons (Fsp3) is 0.269. The number of urea groups is 1. The Morgan fingerprint density at radius 1 is 1.05 bits per heavy atom. The Hall–Kier alpha value is -3.41. The molecule has 5 rings (SSSR count). The van der Waals surface area contributed by atoms with Gasteiger partial charge in [0, 0.05) is 49.7 Å². The molecular formula is C26H24ClF3N6OS. The van der Waals surface area contributed by atoms with E-state index in [-0.39, 0.29) is 11.4 Å². The number of rotatable bonds is 6. The number of aromatic nitrogens is 3. The lowest BCUT2D eigenvalue weighted by Crippen LogP contribution is -2.22. The standard InChI is InChI=1S/C26H24ClF3N6OS/c27-22-8-7-18(12-21(22)26(28,29)30)11-20-14-31-25(38-20)33-24(37)32-23-13-19-16-35(9-4-10-36(19)34-23)15-17-5-2-1-3-6-17/h1-3,5-8,12-14H,4,9-11,15-16H2,(H2,31,32,33,34,37). The highest BCUT2D eigenvalue weighted by Gasteiger charge is 2.33. The Bertz CT molecular complexity index is 1420. The number of nitrogens with zero attached hydrogens (tertiary/aromatic N) is 4. The van der Waals surface area contributed by atoms with Crippen LogP contribution >= 0.6 is 22.9 Å². The second-order valence-electron chi connectivity index (χ2n) is 8.99. The van der Waals surface area contributed by atoms with E-state index in [0.29, 0.717) is 21.4 Å². The average molecular weight is 561 g/mol. The number of hydrogen-bond donors (Lipinski definition) is 2. The minimum atomic E-state index is -4.53. The van der Waals surface area contributed by atoms with E-state index in [2.05, 4.69) is 37.7 Å². The summed E-state index contributed by atoms with van der Waals surface area (Å²) < 4.78 is 41.3. The number of anilines is 2. The summed E-state index contributed by atoms with van der Waals surface area (Å²) in [6.45, 7) is 3.29. The van der Waals surface area contributed by atoms with Crippen molar-refractivity contribution in [3.8, 4) is 0 Å². The maximum Gasteiger partial charge on any atom is 0.417 e. The van der Waals surface area contributed by atoms with E-state index in [4.69, 9.17) is 11.6 Å². The molecule has 7 nitrogen and oxygen atoms in total. The molecule has 0 radical (unpaired) electrons. The van der Waals surface area contributed by atoms with Crippen LogP contribution in [-0.4, -0.2) is 32.2 Å². The zero-order chi connectivity index (χ0) is 26.7. The van der Waals surface area contributed by atoms with E-state index in [0.717, 1.165) is 44.4 Å². The molecule has 0 fully saturated rings. The van der Waals surface area contributed by atoms with Crippen LogP contribution in [-0.2, 0) is 32.2 Å². The Morgan fingerprint density at radius 2 is 1.87 bits per heavy atom. The highest BCUT2D eigenvalue weighted by Crippen LogP contribution is 2.35. The normalized spacial score (nSPS) is 14.1. The second-order valence-corrected chi connectivity index (χ2v) is 10.5. The van der Waals surface area contributed by atoms with Gasteiger partial charge in [0.05, 0.1) is 16.3 Å². The molecule has 0 bridgehead atoms. The molecule has 3 heterocycles. The molecule has 2 amide bonds. The number of aryl methyl sites for hydroxylation is 1. The van der Waals surface area contributed by atoms with Gasteiger partial charge in [0.25, 0.3) is 0 Å². The van der Waals surface area contributed by atoms with Gasteiger partial charge in [-0.25, -0.2) is 9.78 Å². The van der Waals surface area contributed by atoms with Crippen LogP contribution in [0.15, 0.2) is 60.8 Å². The monoisotopic (exact) mass is 560 g/mol. The second kappa shape index (κ2) is 11.1. The Balaban J connectivity index is 1.18. The van der Waals surface area contributed by atoms with Gasteiger partial charge < -0.3 is 0 Å². The van der Waals surface area contributed by atoms with Crippen LogP contribution in [0.3, 0.4) is 0 Å². The molecule has 2 aromatic carbocycles. The van der Waals surface area contributed by atoms with Gasteiger partial charge in [0.2, 0.25) is 0 Å². The van der Waals surface area contributed by atoms with E-state index in [1.807, 2.05) is 28.9 Å². The summed E-state index contributed by atoms with van der Waals surface area (Å²) >= 11 is 6.89. The fourth-order valence-corrected chi connectivity index (χ4v) is 5.43. The van der Waals surface area contributed by atoms with Crippen molar-refractivity contribution in [2.24, 2.45) is 0 Å². The van der Waals surface area contributed by atoms with Crippen molar-refractivity contribution in [3.63, 3.8) is 0 Å². The average Bonchev–Trinajstić information content (AvgIpc) is 3.41. The number of halogens is 4. The van der Waals surface area contributed by atoms with Gasteiger partial charge in [-0.15, -0.1) is 11.3 Å². The highest BCUT2D eigenvalue weighted by atomic mass is 35.5. The lowest BCUT2D eigenvalue weighted by atomic mass is 10.1. The smallest absolute Gasteiger partial charge is 0.293 e. The summed E-state index contributed by atoms with van der Waals surface area (Å²) in [6.07, 6.45) is -1.82. The van der Waals surface area contributed by atoms with Gasteiger partial charge in [-0.1, -0.05) is 48.0 Å². The lowest BCUT2D eigenvalue weighted by molar-refractivity contribution is -0.137. The minimum absolute atomic E-state index is 0.231. The van der Waals surface area contributed by atoms with Crippen LogP contribution in [0.4, 0.5) is 28.9 Å². The number of thiazole rings is 1. The van der Waals surface area contributed by atoms with E-state index in [9.17, 15) is 18.0 Å². The van der Waals surface area contributed by atoms with Crippen molar-refractivity contribution in [2.45, 2.75) is 38.7 Å². The summed E-state index contributed by atoms with van der Waals surface area (Å²) in [5, 5.41) is 9.94. The number of carbonyl (C=O) groups is 1. The third-order valence-corrected chi connectivity index (χ3v) is 7.31. The summed E-state index contributed by atoms with van der Waals surface area (Å²) in [6, 6.07) is 15.5. The third kappa shape index (κ3) is 6.53. The van der Waals surface area contributed by atoms with Crippen molar-refractivity contribution in [1.29, 1.82) is 0 Å². The molecule has 4 aromatic rings. The van der Waals surface area contributed by atoms with Gasteiger partial charge in [0.1, 0.15) is 0 Å². The molecule has 0 spiro atoms. The number of hydrogen-bond acceptors (Lipinski definition) is 5. The SMILES string of the molecule is O=C(Nc1cc2n(n1)CCCN(Cc1ccccc1)C2)Nc1ncc(Cc2ccc(Cl)c(C(F)(F)F)c2)s1. The zero-order valence-electron chi connectivity index (χ0n) is 20.1. The Morgan fingerprint density at radius 3 is 2.66 bits per heavy atom. The third-order valence-electron chi connectivity index (χ3n) is 6.07. The van der Waals surface area contributed by atoms with Gasteiger partial charge in [-0.2, -0.15) is 18.3 Å². The van der Waals surface area contributed by atoms with Gasteiger partial charge >= 0.3 is 12.2 Å². The number of alkyl halides is 3. The number of amides is 2. The van der Waals surface area contributed by atoms with Crippen LogP contribution in [0.25, 0.3) is 0 Å². The predicted octanol–water partition coefficient (Wildman–Crippen LogP) is 6.65. The highest BCUT2D eigenvalue weighted by molar-refractivity contribution is 7.15. The molecule has 0 saturated heterocycles. The molecule has 1 aliphatic heterocycles. The van der Waals surface area contributed by atoms with Crippen LogP contribution in [0.2, 0.25) is 5.02 Å². The quantitative estimate of drug-likeness (QED) is 0.277.